The van der Waals surface area contributed by atoms with Gasteiger partial charge in [0.25, 0.3) is 0 Å². The zero-order valence-electron chi connectivity index (χ0n) is 8.63. The van der Waals surface area contributed by atoms with Crippen molar-refractivity contribution < 1.29 is 0 Å². The van der Waals surface area contributed by atoms with Crippen LogP contribution in [0.25, 0.3) is 0 Å². The molecule has 0 aromatic carbocycles. The van der Waals surface area contributed by atoms with Gasteiger partial charge in [0.2, 0.25) is 0 Å². The summed E-state index contributed by atoms with van der Waals surface area (Å²) < 4.78 is 0. The van der Waals surface area contributed by atoms with Crippen LogP contribution in [0.4, 0.5) is 0 Å². The molecule has 0 N–H and O–H groups in total. The summed E-state index contributed by atoms with van der Waals surface area (Å²) in [5, 5.41) is 0. The van der Waals surface area contributed by atoms with E-state index in [0.29, 0.717) is 0 Å². The Labute approximate surface area is 81.2 Å². The summed E-state index contributed by atoms with van der Waals surface area (Å²) >= 11 is 0. The van der Waals surface area contributed by atoms with Gasteiger partial charge in [0, 0.05) is 26.7 Å². The normalized spacial score (nSPS) is 24.5. The molecule has 0 aliphatic carbocycles. The highest BCUT2D eigenvalue weighted by Gasteiger charge is 2.18. The van der Waals surface area contributed by atoms with E-state index in [9.17, 15) is 0 Å². The van der Waals surface area contributed by atoms with Crippen LogP contribution in [-0.4, -0.2) is 36.5 Å². The highest BCUT2D eigenvalue weighted by Crippen LogP contribution is 2.20. The van der Waals surface area contributed by atoms with E-state index in [4.69, 9.17) is 0 Å². The average molecular weight is 180 g/mol. The zero-order chi connectivity index (χ0) is 9.10. The van der Waals surface area contributed by atoms with E-state index in [-0.39, 0.29) is 0 Å². The second-order valence-electron chi connectivity index (χ2n) is 4.17. The van der Waals surface area contributed by atoms with E-state index in [1.165, 1.54) is 57.6 Å². The van der Waals surface area contributed by atoms with Crippen LogP contribution in [0.15, 0.2) is 11.9 Å². The van der Waals surface area contributed by atoms with Crippen molar-refractivity contribution in [3.63, 3.8) is 0 Å². The van der Waals surface area contributed by atoms with Crippen molar-refractivity contribution >= 4 is 0 Å². The molecule has 0 unspecified atom stereocenters. The summed E-state index contributed by atoms with van der Waals surface area (Å²) in [5.41, 5.74) is 0. The van der Waals surface area contributed by atoms with Crippen LogP contribution < -0.4 is 0 Å². The first kappa shape index (κ1) is 8.92. The van der Waals surface area contributed by atoms with Crippen LogP contribution in [0.2, 0.25) is 0 Å². The fourth-order valence-corrected chi connectivity index (χ4v) is 2.34. The predicted molar refractivity (Wildman–Crippen MR) is 55.4 cm³/mol. The van der Waals surface area contributed by atoms with Gasteiger partial charge in [0.05, 0.1) is 5.82 Å². The van der Waals surface area contributed by atoms with E-state index < -0.39 is 0 Å². The van der Waals surface area contributed by atoms with Gasteiger partial charge in [-0.3, -0.25) is 0 Å². The molecule has 0 saturated carbocycles. The van der Waals surface area contributed by atoms with Crippen molar-refractivity contribution in [1.82, 2.24) is 9.80 Å². The number of rotatable bonds is 0. The average Bonchev–Trinajstić information content (AvgIpc) is 2.07. The van der Waals surface area contributed by atoms with Crippen LogP contribution in [0, 0.1) is 0 Å². The second-order valence-corrected chi connectivity index (χ2v) is 4.17. The lowest BCUT2D eigenvalue weighted by Gasteiger charge is -2.39. The molecule has 1 fully saturated rings. The molecule has 0 spiro atoms. The third-order valence-corrected chi connectivity index (χ3v) is 3.10. The van der Waals surface area contributed by atoms with Crippen molar-refractivity contribution in [2.45, 2.75) is 32.1 Å². The van der Waals surface area contributed by atoms with Gasteiger partial charge in [-0.05, 0) is 31.8 Å². The molecular formula is C11H20N2. The van der Waals surface area contributed by atoms with Crippen LogP contribution in [-0.2, 0) is 0 Å². The second kappa shape index (κ2) is 4.03. The number of hydrogen-bond donors (Lipinski definition) is 0. The van der Waals surface area contributed by atoms with Gasteiger partial charge in [-0.25, -0.2) is 0 Å². The first-order chi connectivity index (χ1) is 6.38. The third-order valence-electron chi connectivity index (χ3n) is 3.10. The van der Waals surface area contributed by atoms with Gasteiger partial charge in [-0.15, -0.1) is 0 Å². The number of hydrogen-bond acceptors (Lipinski definition) is 2. The lowest BCUT2D eigenvalue weighted by atomic mass is 10.1. The Kier molecular flexibility index (Phi) is 2.77. The van der Waals surface area contributed by atoms with Gasteiger partial charge in [0.1, 0.15) is 0 Å². The summed E-state index contributed by atoms with van der Waals surface area (Å²) in [6, 6.07) is 0. The summed E-state index contributed by atoms with van der Waals surface area (Å²) in [5.74, 6) is 1.49. The molecule has 2 nitrogen and oxygen atoms in total. The predicted octanol–water partition coefficient (Wildman–Crippen LogP) is 2.04. The van der Waals surface area contributed by atoms with E-state index in [2.05, 4.69) is 22.9 Å². The van der Waals surface area contributed by atoms with Crippen LogP contribution in [0.5, 0.6) is 0 Å². The third kappa shape index (κ3) is 1.98. The van der Waals surface area contributed by atoms with Crippen molar-refractivity contribution in [1.29, 1.82) is 0 Å². The lowest BCUT2D eigenvalue weighted by molar-refractivity contribution is 0.175. The zero-order valence-corrected chi connectivity index (χ0v) is 8.63. The van der Waals surface area contributed by atoms with Crippen LogP contribution in [0.1, 0.15) is 32.1 Å². The summed E-state index contributed by atoms with van der Waals surface area (Å²) in [6.07, 6.45) is 9.20. The van der Waals surface area contributed by atoms with Gasteiger partial charge < -0.3 is 9.80 Å². The molecule has 2 heterocycles. The van der Waals surface area contributed by atoms with Crippen LogP contribution in [0.3, 0.4) is 0 Å². The Morgan fingerprint density at radius 2 is 1.85 bits per heavy atom. The SMILES string of the molecule is CN1CCCN2CCCCCC=C12. The maximum atomic E-state index is 2.56. The molecule has 0 amide bonds. The van der Waals surface area contributed by atoms with E-state index in [1.54, 1.807) is 0 Å². The standard InChI is InChI=1S/C11H20N2/c1-12-8-6-10-13-9-5-3-2-4-7-11(12)13/h7H,2-6,8-10H2,1H3. The summed E-state index contributed by atoms with van der Waals surface area (Å²) in [7, 11) is 2.22. The molecule has 2 heteroatoms. The molecule has 2 rings (SSSR count). The van der Waals surface area contributed by atoms with E-state index in [0.717, 1.165) is 0 Å². The highest BCUT2D eigenvalue weighted by molar-refractivity contribution is 5.03. The fraction of sp³-hybridized carbons (Fsp3) is 0.818. The Morgan fingerprint density at radius 1 is 1.00 bits per heavy atom. The molecule has 0 atom stereocenters. The molecule has 2 aliphatic rings. The molecule has 0 bridgehead atoms. The molecule has 2 aliphatic heterocycles. The van der Waals surface area contributed by atoms with Crippen molar-refractivity contribution in [3.8, 4) is 0 Å². The fourth-order valence-electron chi connectivity index (χ4n) is 2.34. The molecule has 0 aromatic rings. The molecule has 74 valence electrons. The largest absolute Gasteiger partial charge is 0.362 e. The molecule has 13 heavy (non-hydrogen) atoms. The summed E-state index contributed by atoms with van der Waals surface area (Å²) in [6.45, 7) is 3.79. The first-order valence-electron chi connectivity index (χ1n) is 5.54. The van der Waals surface area contributed by atoms with Gasteiger partial charge >= 0.3 is 0 Å². The topological polar surface area (TPSA) is 6.48 Å². The van der Waals surface area contributed by atoms with Gasteiger partial charge in [-0.2, -0.15) is 0 Å². The monoisotopic (exact) mass is 180 g/mol. The number of nitrogens with zero attached hydrogens (tertiary/aromatic N) is 2. The first-order valence-corrected chi connectivity index (χ1v) is 5.54. The van der Waals surface area contributed by atoms with E-state index in [1.807, 2.05) is 0 Å². The van der Waals surface area contributed by atoms with Crippen molar-refractivity contribution in [2.75, 3.05) is 26.7 Å². The molecule has 0 aromatic heterocycles. The maximum absolute atomic E-state index is 2.56. The van der Waals surface area contributed by atoms with E-state index >= 15 is 0 Å². The molecule has 1 saturated heterocycles. The Hall–Kier alpha value is -0.660. The smallest absolute Gasteiger partial charge is 0.0995 e. The maximum Gasteiger partial charge on any atom is 0.0995 e. The van der Waals surface area contributed by atoms with Gasteiger partial charge in [0.15, 0.2) is 0 Å². The Morgan fingerprint density at radius 3 is 2.77 bits per heavy atom. The quantitative estimate of drug-likeness (QED) is 0.563. The van der Waals surface area contributed by atoms with Crippen molar-refractivity contribution in [3.05, 3.63) is 11.9 Å². The number of fused-ring (bicyclic) bond motifs is 1. The number of allylic oxidation sites excluding steroid dienone is 1. The van der Waals surface area contributed by atoms with Crippen molar-refractivity contribution in [2.24, 2.45) is 0 Å². The Balaban J connectivity index is 2.10. The minimum absolute atomic E-state index is 1.24. The molecule has 0 radical (unpaired) electrons. The molecular weight excluding hydrogens is 160 g/mol. The van der Waals surface area contributed by atoms with Crippen LogP contribution >= 0.6 is 0 Å². The van der Waals surface area contributed by atoms with Gasteiger partial charge in [-0.1, -0.05) is 6.42 Å². The summed E-state index contributed by atoms with van der Waals surface area (Å²) in [4.78, 5) is 4.97. The highest BCUT2D eigenvalue weighted by atomic mass is 15.3. The minimum Gasteiger partial charge on any atom is -0.362 e. The Bertz CT molecular complexity index is 198. The lowest BCUT2D eigenvalue weighted by Crippen LogP contribution is -2.41. The minimum atomic E-state index is 1.24.